The number of fused-ring (bicyclic) bond motifs is 1. The first kappa shape index (κ1) is 20.3. The van der Waals surface area contributed by atoms with E-state index in [9.17, 15) is 13.2 Å². The maximum Gasteiger partial charge on any atom is 0.243 e. The van der Waals surface area contributed by atoms with E-state index in [2.05, 4.69) is 6.07 Å². The Morgan fingerprint density at radius 3 is 2.34 bits per heavy atom. The van der Waals surface area contributed by atoms with Gasteiger partial charge in [0, 0.05) is 43.4 Å². The average Bonchev–Trinajstić information content (AvgIpc) is 2.74. The van der Waals surface area contributed by atoms with Gasteiger partial charge in [0.05, 0.1) is 11.4 Å². The molecule has 29 heavy (non-hydrogen) atoms. The zero-order valence-corrected chi connectivity index (χ0v) is 17.7. The van der Waals surface area contributed by atoms with Crippen molar-refractivity contribution in [1.29, 1.82) is 0 Å². The quantitative estimate of drug-likeness (QED) is 0.743. The van der Waals surface area contributed by atoms with Crippen molar-refractivity contribution in [2.24, 2.45) is 0 Å². The van der Waals surface area contributed by atoms with Crippen molar-refractivity contribution in [3.05, 3.63) is 59.1 Å². The summed E-state index contributed by atoms with van der Waals surface area (Å²) in [4.78, 5) is 17.1. The molecule has 0 unspecified atom stereocenters. The monoisotopic (exact) mass is 433 g/mol. The number of sulfonamides is 1. The number of hydrogen-bond acceptors (Lipinski definition) is 4. The average molecular weight is 434 g/mol. The second-order valence-electron chi connectivity index (χ2n) is 7.41. The van der Waals surface area contributed by atoms with Crippen molar-refractivity contribution in [2.45, 2.75) is 17.7 Å². The van der Waals surface area contributed by atoms with Gasteiger partial charge >= 0.3 is 0 Å². The van der Waals surface area contributed by atoms with Crippen molar-refractivity contribution in [1.82, 2.24) is 9.21 Å². The number of benzene rings is 2. The molecular formula is C21H24ClN3O3S. The molecule has 0 aliphatic carbocycles. The van der Waals surface area contributed by atoms with Gasteiger partial charge in [0.15, 0.2) is 0 Å². The van der Waals surface area contributed by atoms with Crippen molar-refractivity contribution in [2.75, 3.05) is 44.2 Å². The summed E-state index contributed by atoms with van der Waals surface area (Å²) in [7, 11) is -3.54. The lowest BCUT2D eigenvalue weighted by atomic mass is 10.0. The lowest BCUT2D eigenvalue weighted by molar-refractivity contribution is -0.120. The van der Waals surface area contributed by atoms with Crippen LogP contribution in [0.1, 0.15) is 12.0 Å². The van der Waals surface area contributed by atoms with Crippen LogP contribution in [-0.2, 0) is 21.2 Å². The van der Waals surface area contributed by atoms with Crippen LogP contribution in [0.2, 0.25) is 5.02 Å². The van der Waals surface area contributed by atoms with Crippen LogP contribution in [0.5, 0.6) is 0 Å². The van der Waals surface area contributed by atoms with Crippen LogP contribution in [0.4, 0.5) is 5.69 Å². The number of para-hydroxylation sites is 1. The molecule has 0 atom stereocenters. The van der Waals surface area contributed by atoms with Gasteiger partial charge in [-0.05, 0) is 48.7 Å². The molecule has 2 heterocycles. The number of nitrogens with zero attached hydrogens (tertiary/aromatic N) is 3. The van der Waals surface area contributed by atoms with Crippen LogP contribution in [0.15, 0.2) is 53.4 Å². The highest BCUT2D eigenvalue weighted by atomic mass is 35.5. The highest BCUT2D eigenvalue weighted by molar-refractivity contribution is 7.89. The predicted molar refractivity (Wildman–Crippen MR) is 114 cm³/mol. The Morgan fingerprint density at radius 1 is 0.931 bits per heavy atom. The van der Waals surface area contributed by atoms with E-state index in [1.165, 1.54) is 22.0 Å². The number of aryl methyl sites for hydroxylation is 1. The molecule has 2 aromatic carbocycles. The van der Waals surface area contributed by atoms with Gasteiger partial charge < -0.3 is 4.90 Å². The molecule has 0 N–H and O–H groups in total. The number of carbonyl (C=O) groups excluding carboxylic acids is 1. The molecule has 1 amide bonds. The molecule has 2 aliphatic heterocycles. The van der Waals surface area contributed by atoms with Crippen LogP contribution >= 0.6 is 11.6 Å². The standard InChI is InChI=1S/C21H24ClN3O3S/c22-18-7-9-19(10-8-18)29(27,28)24-14-12-23(13-15-24)16-21(26)25-11-3-5-17-4-1-2-6-20(17)25/h1-2,4,6-10H,3,5,11-16H2. The van der Waals surface area contributed by atoms with Gasteiger partial charge in [-0.3, -0.25) is 9.69 Å². The first-order valence-corrected chi connectivity index (χ1v) is 11.6. The van der Waals surface area contributed by atoms with E-state index in [0.717, 1.165) is 25.1 Å². The van der Waals surface area contributed by atoms with Crippen molar-refractivity contribution < 1.29 is 13.2 Å². The first-order valence-electron chi connectivity index (χ1n) is 9.81. The fourth-order valence-electron chi connectivity index (χ4n) is 3.95. The van der Waals surface area contributed by atoms with Crippen LogP contribution < -0.4 is 4.90 Å². The summed E-state index contributed by atoms with van der Waals surface area (Å²) in [6.45, 7) is 2.86. The Hall–Kier alpha value is -1.93. The molecule has 2 aromatic rings. The zero-order chi connectivity index (χ0) is 20.4. The molecule has 1 saturated heterocycles. The molecular weight excluding hydrogens is 410 g/mol. The number of halogens is 1. The second kappa shape index (κ2) is 8.44. The highest BCUT2D eigenvalue weighted by Gasteiger charge is 2.30. The molecule has 0 bridgehead atoms. The molecule has 0 saturated carbocycles. The van der Waals surface area contributed by atoms with Gasteiger partial charge in [-0.25, -0.2) is 8.42 Å². The molecule has 0 aromatic heterocycles. The van der Waals surface area contributed by atoms with E-state index in [0.29, 0.717) is 37.7 Å². The number of piperazine rings is 1. The number of rotatable bonds is 4. The first-order chi connectivity index (χ1) is 13.9. The summed E-state index contributed by atoms with van der Waals surface area (Å²) in [5.74, 6) is 0.0751. The Kier molecular flexibility index (Phi) is 5.92. The molecule has 2 aliphatic rings. The Bertz CT molecular complexity index is 986. The minimum atomic E-state index is -3.54. The predicted octanol–water partition coefficient (Wildman–Crippen LogP) is 2.63. The fourth-order valence-corrected chi connectivity index (χ4v) is 5.50. The number of amides is 1. The van der Waals surface area contributed by atoms with Crippen molar-refractivity contribution in [3.63, 3.8) is 0 Å². The maximum atomic E-state index is 12.9. The largest absolute Gasteiger partial charge is 0.311 e. The summed E-state index contributed by atoms with van der Waals surface area (Å²) in [5.41, 5.74) is 2.22. The SMILES string of the molecule is O=C(CN1CCN(S(=O)(=O)c2ccc(Cl)cc2)CC1)N1CCCc2ccccc21. The van der Waals surface area contributed by atoms with E-state index in [1.54, 1.807) is 12.1 Å². The van der Waals surface area contributed by atoms with Crippen molar-refractivity contribution in [3.8, 4) is 0 Å². The molecule has 0 radical (unpaired) electrons. The molecule has 4 rings (SSSR count). The van der Waals surface area contributed by atoms with Gasteiger partial charge in [-0.1, -0.05) is 29.8 Å². The van der Waals surface area contributed by atoms with Gasteiger partial charge in [0.2, 0.25) is 15.9 Å². The van der Waals surface area contributed by atoms with Gasteiger partial charge in [0.25, 0.3) is 0 Å². The third-order valence-electron chi connectivity index (χ3n) is 5.55. The van der Waals surface area contributed by atoms with Crippen LogP contribution in [0.25, 0.3) is 0 Å². The van der Waals surface area contributed by atoms with E-state index < -0.39 is 10.0 Å². The lowest BCUT2D eigenvalue weighted by Crippen LogP contribution is -2.52. The van der Waals surface area contributed by atoms with Gasteiger partial charge in [-0.2, -0.15) is 4.31 Å². The zero-order valence-electron chi connectivity index (χ0n) is 16.1. The number of hydrogen-bond donors (Lipinski definition) is 0. The Labute approximate surface area is 176 Å². The second-order valence-corrected chi connectivity index (χ2v) is 9.79. The smallest absolute Gasteiger partial charge is 0.243 e. The Morgan fingerprint density at radius 2 is 1.62 bits per heavy atom. The van der Waals surface area contributed by atoms with Crippen LogP contribution in [0.3, 0.4) is 0 Å². The summed E-state index contributed by atoms with van der Waals surface area (Å²) in [6, 6.07) is 14.3. The third-order valence-corrected chi connectivity index (χ3v) is 7.72. The number of anilines is 1. The van der Waals surface area contributed by atoms with Gasteiger partial charge in [-0.15, -0.1) is 0 Å². The number of carbonyl (C=O) groups is 1. The molecule has 154 valence electrons. The maximum absolute atomic E-state index is 12.9. The van der Waals surface area contributed by atoms with Gasteiger partial charge in [0.1, 0.15) is 0 Å². The lowest BCUT2D eigenvalue weighted by Gasteiger charge is -2.36. The molecule has 6 nitrogen and oxygen atoms in total. The van der Waals surface area contributed by atoms with E-state index >= 15 is 0 Å². The van der Waals surface area contributed by atoms with Crippen LogP contribution in [0, 0.1) is 0 Å². The Balaban J connectivity index is 1.37. The summed E-state index contributed by atoms with van der Waals surface area (Å²) in [5, 5.41) is 0.506. The van der Waals surface area contributed by atoms with E-state index in [-0.39, 0.29) is 10.8 Å². The van der Waals surface area contributed by atoms with E-state index in [4.69, 9.17) is 11.6 Å². The summed E-state index contributed by atoms with van der Waals surface area (Å²) in [6.07, 6.45) is 1.97. The third kappa shape index (κ3) is 4.33. The van der Waals surface area contributed by atoms with Crippen LogP contribution in [-0.4, -0.2) is 62.8 Å². The highest BCUT2D eigenvalue weighted by Crippen LogP contribution is 2.27. The minimum absolute atomic E-state index is 0.0751. The summed E-state index contributed by atoms with van der Waals surface area (Å²) >= 11 is 5.86. The molecule has 0 spiro atoms. The molecule has 8 heteroatoms. The topological polar surface area (TPSA) is 60.9 Å². The normalized spacial score (nSPS) is 18.4. The molecule has 1 fully saturated rings. The summed E-state index contributed by atoms with van der Waals surface area (Å²) < 4.78 is 27.1. The van der Waals surface area contributed by atoms with E-state index in [1.807, 2.05) is 28.0 Å². The minimum Gasteiger partial charge on any atom is -0.311 e. The fraction of sp³-hybridized carbons (Fsp3) is 0.381. The van der Waals surface area contributed by atoms with Crippen molar-refractivity contribution >= 4 is 33.2 Å².